The summed E-state index contributed by atoms with van der Waals surface area (Å²) in [5, 5.41) is 5.66. The normalized spacial score (nSPS) is 21.7. The first kappa shape index (κ1) is 20.1. The van der Waals surface area contributed by atoms with Crippen LogP contribution in [0.1, 0.15) is 24.0 Å². The van der Waals surface area contributed by atoms with Crippen molar-refractivity contribution in [3.8, 4) is 11.1 Å². The fourth-order valence-corrected chi connectivity index (χ4v) is 4.22. The topological polar surface area (TPSA) is 78.5 Å². The Morgan fingerprint density at radius 2 is 1.90 bits per heavy atom. The van der Waals surface area contributed by atoms with Gasteiger partial charge in [0.15, 0.2) is 0 Å². The standard InChI is InChI=1S/C24H27N3O3/c1-16-3-2-4-19(13-16)18-7-5-17(6-8-18)14-20-15-27(12-11-25-23(20)29)24(30)21-9-10-22(28)26-21/h2-8,13,20-21H,9-12,14-15H2,1H3,(H,25,29)(H,26,28)/t20-,21-/m1/s1. The number of carbonyl (C=O) groups excluding carboxylic acids is 3. The molecule has 0 spiro atoms. The molecule has 156 valence electrons. The zero-order chi connectivity index (χ0) is 21.1. The molecule has 4 rings (SSSR count). The molecule has 2 saturated heterocycles. The van der Waals surface area contributed by atoms with Gasteiger partial charge in [0, 0.05) is 26.1 Å². The maximum atomic E-state index is 12.8. The number of benzene rings is 2. The molecule has 0 aliphatic carbocycles. The molecule has 0 unspecified atom stereocenters. The van der Waals surface area contributed by atoms with Crippen LogP contribution in [0.15, 0.2) is 48.5 Å². The molecule has 2 aromatic rings. The Morgan fingerprint density at radius 1 is 1.10 bits per heavy atom. The highest BCUT2D eigenvalue weighted by atomic mass is 16.2. The highest BCUT2D eigenvalue weighted by molar-refractivity contribution is 5.91. The van der Waals surface area contributed by atoms with Crippen molar-refractivity contribution >= 4 is 17.7 Å². The molecule has 0 aromatic heterocycles. The molecule has 0 radical (unpaired) electrons. The van der Waals surface area contributed by atoms with Gasteiger partial charge in [0.2, 0.25) is 17.7 Å². The van der Waals surface area contributed by atoms with E-state index in [2.05, 4.69) is 60.0 Å². The fraction of sp³-hybridized carbons (Fsp3) is 0.375. The van der Waals surface area contributed by atoms with Crippen molar-refractivity contribution in [1.82, 2.24) is 15.5 Å². The molecular weight excluding hydrogens is 378 g/mol. The summed E-state index contributed by atoms with van der Waals surface area (Å²) >= 11 is 0. The molecule has 0 saturated carbocycles. The fourth-order valence-electron chi connectivity index (χ4n) is 4.22. The second-order valence-corrected chi connectivity index (χ2v) is 8.20. The molecule has 6 heteroatoms. The highest BCUT2D eigenvalue weighted by Gasteiger charge is 2.34. The molecule has 2 atom stereocenters. The number of amides is 3. The lowest BCUT2D eigenvalue weighted by molar-refractivity contribution is -0.135. The number of carbonyl (C=O) groups is 3. The van der Waals surface area contributed by atoms with Crippen molar-refractivity contribution in [3.63, 3.8) is 0 Å². The van der Waals surface area contributed by atoms with Crippen molar-refractivity contribution in [2.45, 2.75) is 32.2 Å². The lowest BCUT2D eigenvalue weighted by atomic mass is 9.95. The van der Waals surface area contributed by atoms with Crippen LogP contribution in [-0.2, 0) is 20.8 Å². The Labute approximate surface area is 176 Å². The van der Waals surface area contributed by atoms with Crippen molar-refractivity contribution in [2.75, 3.05) is 19.6 Å². The first-order valence-corrected chi connectivity index (χ1v) is 10.5. The van der Waals surface area contributed by atoms with E-state index in [-0.39, 0.29) is 23.6 Å². The predicted molar refractivity (Wildman–Crippen MR) is 115 cm³/mol. The summed E-state index contributed by atoms with van der Waals surface area (Å²) in [6, 6.07) is 16.2. The summed E-state index contributed by atoms with van der Waals surface area (Å²) in [7, 11) is 0. The van der Waals surface area contributed by atoms with E-state index in [4.69, 9.17) is 0 Å². The third kappa shape index (κ3) is 4.53. The molecule has 2 aromatic carbocycles. The van der Waals surface area contributed by atoms with E-state index >= 15 is 0 Å². The van der Waals surface area contributed by atoms with E-state index in [1.807, 2.05) is 6.07 Å². The van der Waals surface area contributed by atoms with Crippen LogP contribution in [0.25, 0.3) is 11.1 Å². The van der Waals surface area contributed by atoms with E-state index in [1.165, 1.54) is 11.1 Å². The van der Waals surface area contributed by atoms with Gasteiger partial charge >= 0.3 is 0 Å². The molecule has 0 bridgehead atoms. The summed E-state index contributed by atoms with van der Waals surface area (Å²) < 4.78 is 0. The van der Waals surface area contributed by atoms with Crippen LogP contribution < -0.4 is 10.6 Å². The maximum absolute atomic E-state index is 12.8. The summed E-state index contributed by atoms with van der Waals surface area (Å²) in [6.45, 7) is 3.36. The monoisotopic (exact) mass is 405 g/mol. The SMILES string of the molecule is Cc1cccc(-c2ccc(C[C@@H]3CN(C(=O)[C@H]4CCC(=O)N4)CCNC3=O)cc2)c1. The Kier molecular flexibility index (Phi) is 5.84. The van der Waals surface area contributed by atoms with Crippen molar-refractivity contribution in [2.24, 2.45) is 5.92 Å². The van der Waals surface area contributed by atoms with Crippen molar-refractivity contribution in [1.29, 1.82) is 0 Å². The average Bonchev–Trinajstić information content (AvgIpc) is 3.10. The van der Waals surface area contributed by atoms with Gasteiger partial charge in [0.05, 0.1) is 5.92 Å². The number of aryl methyl sites for hydroxylation is 1. The smallest absolute Gasteiger partial charge is 0.245 e. The second kappa shape index (κ2) is 8.69. The van der Waals surface area contributed by atoms with Gasteiger partial charge in [-0.05, 0) is 36.5 Å². The quantitative estimate of drug-likeness (QED) is 0.817. The van der Waals surface area contributed by atoms with E-state index in [9.17, 15) is 14.4 Å². The highest BCUT2D eigenvalue weighted by Crippen LogP contribution is 2.22. The lowest BCUT2D eigenvalue weighted by Gasteiger charge is -2.26. The minimum atomic E-state index is -0.458. The van der Waals surface area contributed by atoms with Crippen LogP contribution in [0.2, 0.25) is 0 Å². The summed E-state index contributed by atoms with van der Waals surface area (Å²) in [4.78, 5) is 38.6. The first-order chi connectivity index (χ1) is 14.5. The van der Waals surface area contributed by atoms with Crippen LogP contribution in [0.3, 0.4) is 0 Å². The largest absolute Gasteiger partial charge is 0.354 e. The van der Waals surface area contributed by atoms with Gasteiger partial charge in [0.1, 0.15) is 6.04 Å². The number of hydrogen-bond acceptors (Lipinski definition) is 3. The van der Waals surface area contributed by atoms with Crippen LogP contribution in [0.5, 0.6) is 0 Å². The summed E-state index contributed by atoms with van der Waals surface area (Å²) in [6.07, 6.45) is 1.49. The minimum absolute atomic E-state index is 0.0245. The van der Waals surface area contributed by atoms with E-state index in [0.29, 0.717) is 38.9 Å². The van der Waals surface area contributed by atoms with Gasteiger partial charge in [-0.2, -0.15) is 0 Å². The molecule has 2 aliphatic rings. The number of hydrogen-bond donors (Lipinski definition) is 2. The maximum Gasteiger partial charge on any atom is 0.245 e. The zero-order valence-corrected chi connectivity index (χ0v) is 17.2. The average molecular weight is 405 g/mol. The van der Waals surface area contributed by atoms with Gasteiger partial charge in [-0.1, -0.05) is 54.1 Å². The lowest BCUT2D eigenvalue weighted by Crippen LogP contribution is -2.46. The van der Waals surface area contributed by atoms with Crippen LogP contribution in [0, 0.1) is 12.8 Å². The number of nitrogens with one attached hydrogen (secondary N) is 2. The van der Waals surface area contributed by atoms with Crippen LogP contribution in [-0.4, -0.2) is 48.3 Å². The van der Waals surface area contributed by atoms with Gasteiger partial charge in [-0.25, -0.2) is 0 Å². The van der Waals surface area contributed by atoms with Crippen LogP contribution in [0.4, 0.5) is 0 Å². The van der Waals surface area contributed by atoms with Gasteiger partial charge in [-0.15, -0.1) is 0 Å². The van der Waals surface area contributed by atoms with Crippen LogP contribution >= 0.6 is 0 Å². The zero-order valence-electron chi connectivity index (χ0n) is 17.2. The predicted octanol–water partition coefficient (Wildman–Crippen LogP) is 2.06. The third-order valence-electron chi connectivity index (χ3n) is 5.89. The molecule has 2 fully saturated rings. The first-order valence-electron chi connectivity index (χ1n) is 10.5. The second-order valence-electron chi connectivity index (χ2n) is 8.20. The van der Waals surface area contributed by atoms with Gasteiger partial charge in [0.25, 0.3) is 0 Å². The molecule has 2 aliphatic heterocycles. The summed E-state index contributed by atoms with van der Waals surface area (Å²) in [5.41, 5.74) is 4.59. The third-order valence-corrected chi connectivity index (χ3v) is 5.89. The van der Waals surface area contributed by atoms with E-state index < -0.39 is 6.04 Å². The Bertz CT molecular complexity index is 954. The molecule has 2 N–H and O–H groups in total. The molecule has 6 nitrogen and oxygen atoms in total. The van der Waals surface area contributed by atoms with E-state index in [1.54, 1.807) is 4.90 Å². The Hall–Kier alpha value is -3.15. The van der Waals surface area contributed by atoms with Gasteiger partial charge < -0.3 is 15.5 Å². The number of nitrogens with zero attached hydrogens (tertiary/aromatic N) is 1. The number of rotatable bonds is 4. The Morgan fingerprint density at radius 3 is 2.60 bits per heavy atom. The van der Waals surface area contributed by atoms with E-state index in [0.717, 1.165) is 11.1 Å². The van der Waals surface area contributed by atoms with Crippen molar-refractivity contribution < 1.29 is 14.4 Å². The molecule has 3 amide bonds. The molecule has 2 heterocycles. The Balaban J connectivity index is 1.44. The minimum Gasteiger partial charge on any atom is -0.354 e. The molecule has 30 heavy (non-hydrogen) atoms. The van der Waals surface area contributed by atoms with Gasteiger partial charge in [-0.3, -0.25) is 14.4 Å². The molecular formula is C24H27N3O3. The summed E-state index contributed by atoms with van der Waals surface area (Å²) in [5.74, 6) is -0.498. The van der Waals surface area contributed by atoms with Crippen molar-refractivity contribution in [3.05, 3.63) is 59.7 Å².